The van der Waals surface area contributed by atoms with Gasteiger partial charge in [0.05, 0.1) is 6.10 Å². The summed E-state index contributed by atoms with van der Waals surface area (Å²) in [5.41, 5.74) is 3.16. The fourth-order valence-electron chi connectivity index (χ4n) is 4.05. The first-order chi connectivity index (χ1) is 12.0. The zero-order chi connectivity index (χ0) is 17.8. The van der Waals surface area contributed by atoms with Crippen LogP contribution in [0.1, 0.15) is 49.9 Å². The molecule has 136 valence electrons. The van der Waals surface area contributed by atoms with Gasteiger partial charge in [-0.2, -0.15) is 0 Å². The van der Waals surface area contributed by atoms with Crippen LogP contribution in [0.3, 0.4) is 0 Å². The Morgan fingerprint density at radius 1 is 1.36 bits per heavy atom. The predicted octanol–water partition coefficient (Wildman–Crippen LogP) is 3.69. The number of hydrogen-bond donors (Lipinski definition) is 2. The maximum Gasteiger partial charge on any atom is 0.254 e. The first-order valence-electron chi connectivity index (χ1n) is 9.52. The van der Waals surface area contributed by atoms with Crippen LogP contribution in [0, 0.1) is 11.8 Å². The van der Waals surface area contributed by atoms with Crippen molar-refractivity contribution in [2.75, 3.05) is 25.0 Å². The molecule has 2 N–H and O–H groups in total. The summed E-state index contributed by atoms with van der Waals surface area (Å²) in [6, 6.07) is 7.76. The quantitative estimate of drug-likeness (QED) is 0.821. The van der Waals surface area contributed by atoms with Gasteiger partial charge in [0.2, 0.25) is 0 Å². The average Bonchev–Trinajstić information content (AvgIpc) is 2.61. The van der Waals surface area contributed by atoms with Crippen LogP contribution in [0.4, 0.5) is 5.69 Å². The van der Waals surface area contributed by atoms with Gasteiger partial charge in [-0.15, -0.1) is 0 Å². The number of hydrogen-bond acceptors (Lipinski definition) is 3. The third-order valence-electron chi connectivity index (χ3n) is 5.68. The minimum absolute atomic E-state index is 0.0181. The highest BCUT2D eigenvalue weighted by Crippen LogP contribution is 2.30. The smallest absolute Gasteiger partial charge is 0.254 e. The maximum absolute atomic E-state index is 12.7. The Morgan fingerprint density at radius 2 is 2.20 bits per heavy atom. The Bertz CT molecular complexity index is 641. The molecule has 1 aromatic rings. The summed E-state index contributed by atoms with van der Waals surface area (Å²) in [7, 11) is 0. The molecule has 0 radical (unpaired) electrons. The lowest BCUT2D eigenvalue weighted by Gasteiger charge is -2.30. The number of carbonyl (C=O) groups is 1. The highest BCUT2D eigenvalue weighted by atomic mass is 16.3. The largest absolute Gasteiger partial charge is 0.391 e. The van der Waals surface area contributed by atoms with Crippen molar-refractivity contribution in [3.8, 4) is 0 Å². The molecular weight excluding hydrogens is 312 g/mol. The Balaban J connectivity index is 1.64. The number of aliphatic hydroxyl groups is 1. The van der Waals surface area contributed by atoms with Crippen molar-refractivity contribution in [2.24, 2.45) is 11.8 Å². The van der Waals surface area contributed by atoms with Crippen molar-refractivity contribution in [3.05, 3.63) is 41.5 Å². The molecule has 1 aliphatic carbocycles. The van der Waals surface area contributed by atoms with Crippen molar-refractivity contribution >= 4 is 11.6 Å². The first kappa shape index (κ1) is 18.0. The molecule has 1 heterocycles. The van der Waals surface area contributed by atoms with Gasteiger partial charge < -0.3 is 15.3 Å². The van der Waals surface area contributed by atoms with E-state index in [0.717, 1.165) is 31.6 Å². The summed E-state index contributed by atoms with van der Waals surface area (Å²) < 4.78 is 0. The SMILES string of the molecule is CC1=CCCC(C)C1CNc1cccc(C(=O)N2CCCC(O)C2)c1. The molecule has 1 fully saturated rings. The molecule has 0 saturated carbocycles. The van der Waals surface area contributed by atoms with Gasteiger partial charge in [-0.3, -0.25) is 4.79 Å². The number of aliphatic hydroxyl groups excluding tert-OH is 1. The molecule has 0 spiro atoms. The number of nitrogens with zero attached hydrogens (tertiary/aromatic N) is 1. The molecule has 0 bridgehead atoms. The summed E-state index contributed by atoms with van der Waals surface area (Å²) in [4.78, 5) is 14.5. The molecule has 3 atom stereocenters. The second-order valence-electron chi connectivity index (χ2n) is 7.62. The number of likely N-dealkylation sites (tertiary alicyclic amines) is 1. The zero-order valence-electron chi connectivity index (χ0n) is 15.4. The topological polar surface area (TPSA) is 52.6 Å². The fourth-order valence-corrected chi connectivity index (χ4v) is 4.05. The number of piperidine rings is 1. The molecule has 1 saturated heterocycles. The number of benzene rings is 1. The summed E-state index contributed by atoms with van der Waals surface area (Å²) in [5, 5.41) is 13.3. The lowest BCUT2D eigenvalue weighted by molar-refractivity contribution is 0.0474. The van der Waals surface area contributed by atoms with Gasteiger partial charge >= 0.3 is 0 Å². The molecule has 4 nitrogen and oxygen atoms in total. The summed E-state index contributed by atoms with van der Waals surface area (Å²) in [6.45, 7) is 6.63. The second-order valence-corrected chi connectivity index (χ2v) is 7.62. The van der Waals surface area contributed by atoms with Crippen molar-refractivity contribution in [1.29, 1.82) is 0 Å². The normalized spacial score (nSPS) is 26.9. The lowest BCUT2D eigenvalue weighted by atomic mass is 9.80. The van der Waals surface area contributed by atoms with E-state index in [4.69, 9.17) is 0 Å². The van der Waals surface area contributed by atoms with Gasteiger partial charge in [0.1, 0.15) is 0 Å². The standard InChI is InChI=1S/C21H30N2O2/c1-15-6-3-7-16(2)20(15)13-22-18-9-4-8-17(12-18)21(25)23-11-5-10-19(24)14-23/h4,6,8-9,12,16,19-20,22,24H,3,5,7,10-11,13-14H2,1-2H3. The summed E-state index contributed by atoms with van der Waals surface area (Å²) >= 11 is 0. The number of rotatable bonds is 4. The van der Waals surface area contributed by atoms with Crippen LogP contribution >= 0.6 is 0 Å². The van der Waals surface area contributed by atoms with Gasteiger partial charge in [-0.05, 0) is 62.6 Å². The van der Waals surface area contributed by atoms with Crippen LogP contribution in [-0.4, -0.2) is 41.7 Å². The number of anilines is 1. The van der Waals surface area contributed by atoms with E-state index < -0.39 is 0 Å². The number of nitrogens with one attached hydrogen (secondary N) is 1. The maximum atomic E-state index is 12.7. The van der Waals surface area contributed by atoms with Crippen LogP contribution in [0.25, 0.3) is 0 Å². The van der Waals surface area contributed by atoms with Crippen LogP contribution < -0.4 is 5.32 Å². The summed E-state index contributed by atoms with van der Waals surface area (Å²) in [6.07, 6.45) is 6.07. The zero-order valence-corrected chi connectivity index (χ0v) is 15.4. The van der Waals surface area contributed by atoms with E-state index in [1.54, 1.807) is 4.90 Å². The Kier molecular flexibility index (Phi) is 5.79. The number of β-amino-alcohol motifs (C(OH)–C–C–N with tert-alkyl or cyclic N) is 1. The third kappa shape index (κ3) is 4.43. The van der Waals surface area contributed by atoms with Gasteiger partial charge in [0.25, 0.3) is 5.91 Å². The van der Waals surface area contributed by atoms with Gasteiger partial charge in [0, 0.05) is 30.9 Å². The molecule has 25 heavy (non-hydrogen) atoms. The van der Waals surface area contributed by atoms with E-state index in [9.17, 15) is 9.90 Å². The third-order valence-corrected chi connectivity index (χ3v) is 5.68. The molecule has 4 heteroatoms. The van der Waals surface area contributed by atoms with Gasteiger partial charge in [-0.25, -0.2) is 0 Å². The van der Waals surface area contributed by atoms with Crippen molar-refractivity contribution in [3.63, 3.8) is 0 Å². The van der Waals surface area contributed by atoms with Crippen LogP contribution in [0.15, 0.2) is 35.9 Å². The number of carbonyl (C=O) groups excluding carboxylic acids is 1. The van der Waals surface area contributed by atoms with Crippen molar-refractivity contribution in [1.82, 2.24) is 4.90 Å². The Hall–Kier alpha value is -1.81. The van der Waals surface area contributed by atoms with Crippen LogP contribution in [0.2, 0.25) is 0 Å². The Labute approximate surface area is 150 Å². The van der Waals surface area contributed by atoms with Crippen LogP contribution in [-0.2, 0) is 0 Å². The number of allylic oxidation sites excluding steroid dienone is 1. The van der Waals surface area contributed by atoms with E-state index >= 15 is 0 Å². The second kappa shape index (κ2) is 8.05. The fraction of sp³-hybridized carbons (Fsp3) is 0.571. The summed E-state index contributed by atoms with van der Waals surface area (Å²) in [5.74, 6) is 1.27. The lowest BCUT2D eigenvalue weighted by Crippen LogP contribution is -2.42. The monoisotopic (exact) mass is 342 g/mol. The molecule has 1 amide bonds. The van der Waals surface area contributed by atoms with Gasteiger partial charge in [0.15, 0.2) is 0 Å². The molecule has 3 unspecified atom stereocenters. The highest BCUT2D eigenvalue weighted by Gasteiger charge is 2.24. The minimum atomic E-state index is -0.387. The van der Waals surface area contributed by atoms with E-state index in [2.05, 4.69) is 25.2 Å². The molecule has 1 aromatic carbocycles. The van der Waals surface area contributed by atoms with Crippen LogP contribution in [0.5, 0.6) is 0 Å². The molecule has 1 aliphatic heterocycles. The number of amides is 1. The van der Waals surface area contributed by atoms with Crippen molar-refractivity contribution < 1.29 is 9.90 Å². The van der Waals surface area contributed by atoms with E-state index in [1.807, 2.05) is 24.3 Å². The minimum Gasteiger partial charge on any atom is -0.391 e. The van der Waals surface area contributed by atoms with E-state index in [1.165, 1.54) is 18.4 Å². The van der Waals surface area contributed by atoms with Gasteiger partial charge in [-0.1, -0.05) is 24.6 Å². The highest BCUT2D eigenvalue weighted by molar-refractivity contribution is 5.95. The molecule has 0 aromatic heterocycles. The average molecular weight is 342 g/mol. The molecule has 3 rings (SSSR count). The van der Waals surface area contributed by atoms with E-state index in [0.29, 0.717) is 23.9 Å². The first-order valence-corrected chi connectivity index (χ1v) is 9.52. The Morgan fingerprint density at radius 3 is 2.96 bits per heavy atom. The predicted molar refractivity (Wildman–Crippen MR) is 102 cm³/mol. The van der Waals surface area contributed by atoms with Crippen molar-refractivity contribution in [2.45, 2.75) is 45.6 Å². The molecular formula is C21H30N2O2. The molecule has 2 aliphatic rings. The van der Waals surface area contributed by atoms with E-state index in [-0.39, 0.29) is 12.0 Å².